The molecule has 4 fully saturated rings. The summed E-state index contributed by atoms with van der Waals surface area (Å²) >= 11 is 0. The first kappa shape index (κ1) is 22.2. The smallest absolute Gasteiger partial charge is 0.335 e. The van der Waals surface area contributed by atoms with Crippen LogP contribution in [0.5, 0.6) is 0 Å². The number of benzene rings is 1. The predicted octanol–water partition coefficient (Wildman–Crippen LogP) is 2.47. The van der Waals surface area contributed by atoms with Gasteiger partial charge in [0.2, 0.25) is 11.8 Å². The number of hydrogen-bond donors (Lipinski definition) is 3. The number of anilines is 1. The van der Waals surface area contributed by atoms with Gasteiger partial charge in [0.15, 0.2) is 0 Å². The molecule has 4 aliphatic rings. The highest BCUT2D eigenvalue weighted by atomic mass is 19.1. The zero-order chi connectivity index (χ0) is 22.9. The molecule has 1 heterocycles. The third-order valence-corrected chi connectivity index (χ3v) is 7.45. The Labute approximate surface area is 185 Å². The number of amides is 2. The fourth-order valence-electron chi connectivity index (χ4n) is 5.30. The first-order valence-corrected chi connectivity index (χ1v) is 11.0. The van der Waals surface area contributed by atoms with E-state index in [0.29, 0.717) is 24.9 Å². The Morgan fingerprint density at radius 3 is 2.31 bits per heavy atom. The number of aromatic carboxylic acids is 1. The van der Waals surface area contributed by atoms with Gasteiger partial charge in [-0.05, 0) is 62.8 Å². The molecule has 3 saturated carbocycles. The number of nitrogens with one attached hydrogen (secondary N) is 2. The summed E-state index contributed by atoms with van der Waals surface area (Å²) in [4.78, 5) is 37.9. The van der Waals surface area contributed by atoms with Crippen LogP contribution in [0.4, 0.5) is 10.1 Å². The van der Waals surface area contributed by atoms with Crippen LogP contribution in [0.25, 0.3) is 0 Å². The summed E-state index contributed by atoms with van der Waals surface area (Å²) in [6.45, 7) is 0.0441. The third-order valence-electron chi connectivity index (χ3n) is 7.45. The molecule has 32 heavy (non-hydrogen) atoms. The Kier molecular flexibility index (Phi) is 5.91. The standard InChI is InChI=1S/C23H27FN4O4/c24-16-11-18(12-25)28(14-16)19(29)13-26-23-8-5-22(6-9-23,7-10-23)21(32)27-17-3-1-15(2-4-17)20(30)31/h1-4,16,18,26H,5-11,13-14H2,(H,27,32)(H,30,31). The minimum atomic E-state index is -1.15. The van der Waals surface area contributed by atoms with Crippen LogP contribution < -0.4 is 10.6 Å². The minimum Gasteiger partial charge on any atom is -0.478 e. The first-order chi connectivity index (χ1) is 15.3. The summed E-state index contributed by atoms with van der Waals surface area (Å²) in [5, 5.41) is 24.5. The maximum atomic E-state index is 13.6. The lowest BCUT2D eigenvalue weighted by Gasteiger charge is -2.52. The summed E-state index contributed by atoms with van der Waals surface area (Å²) in [6, 6.07) is 7.42. The molecule has 3 N–H and O–H groups in total. The van der Waals surface area contributed by atoms with E-state index >= 15 is 0 Å². The van der Waals surface area contributed by atoms with Crippen molar-refractivity contribution < 1.29 is 23.9 Å². The van der Waals surface area contributed by atoms with Gasteiger partial charge in [-0.2, -0.15) is 5.26 Å². The van der Waals surface area contributed by atoms with Gasteiger partial charge in [-0.3, -0.25) is 9.59 Å². The molecule has 2 amide bonds. The lowest BCUT2D eigenvalue weighted by atomic mass is 9.57. The van der Waals surface area contributed by atoms with Crippen LogP contribution in [0.2, 0.25) is 0 Å². The van der Waals surface area contributed by atoms with Gasteiger partial charge in [0.1, 0.15) is 12.2 Å². The number of halogens is 1. The molecule has 0 radical (unpaired) electrons. The molecule has 9 heteroatoms. The van der Waals surface area contributed by atoms with E-state index in [1.54, 1.807) is 12.1 Å². The van der Waals surface area contributed by atoms with Crippen molar-refractivity contribution in [3.8, 4) is 6.07 Å². The van der Waals surface area contributed by atoms with E-state index in [9.17, 15) is 18.8 Å². The van der Waals surface area contributed by atoms with Gasteiger partial charge in [0.05, 0.1) is 24.7 Å². The third kappa shape index (κ3) is 4.19. The van der Waals surface area contributed by atoms with Gasteiger partial charge in [-0.1, -0.05) is 0 Å². The van der Waals surface area contributed by atoms with Crippen molar-refractivity contribution >= 4 is 23.5 Å². The second-order valence-electron chi connectivity index (χ2n) is 9.27. The van der Waals surface area contributed by atoms with Gasteiger partial charge < -0.3 is 20.6 Å². The van der Waals surface area contributed by atoms with Crippen molar-refractivity contribution in [2.75, 3.05) is 18.4 Å². The fourth-order valence-corrected chi connectivity index (χ4v) is 5.30. The molecule has 2 bridgehead atoms. The van der Waals surface area contributed by atoms with Gasteiger partial charge in [-0.25, -0.2) is 9.18 Å². The molecule has 1 aromatic carbocycles. The monoisotopic (exact) mass is 442 g/mol. The van der Waals surface area contributed by atoms with Crippen molar-refractivity contribution in [1.82, 2.24) is 10.2 Å². The van der Waals surface area contributed by atoms with Crippen LogP contribution in [-0.2, 0) is 9.59 Å². The molecule has 0 aromatic heterocycles. The van der Waals surface area contributed by atoms with Crippen molar-refractivity contribution in [2.45, 2.75) is 62.7 Å². The number of carbonyl (C=O) groups is 3. The Balaban J connectivity index is 1.32. The number of hydrogen-bond acceptors (Lipinski definition) is 5. The SMILES string of the molecule is N#CC1CC(F)CN1C(=O)CNC12CCC(C(=O)Nc3ccc(C(=O)O)cc3)(CC1)CC2. The maximum absolute atomic E-state index is 13.6. The van der Waals surface area contributed by atoms with Crippen LogP contribution in [0.15, 0.2) is 24.3 Å². The van der Waals surface area contributed by atoms with Crippen LogP contribution >= 0.6 is 0 Å². The minimum absolute atomic E-state index is 0.0253. The second-order valence-corrected chi connectivity index (χ2v) is 9.27. The number of nitrogens with zero attached hydrogens (tertiary/aromatic N) is 2. The second kappa shape index (κ2) is 8.51. The molecule has 0 spiro atoms. The summed E-state index contributed by atoms with van der Waals surface area (Å²) in [7, 11) is 0. The molecule has 5 rings (SSSR count). The number of nitriles is 1. The molecule has 2 unspecified atom stereocenters. The van der Waals surface area contributed by atoms with E-state index < -0.39 is 23.6 Å². The highest BCUT2D eigenvalue weighted by Crippen LogP contribution is 2.52. The summed E-state index contributed by atoms with van der Waals surface area (Å²) in [5.41, 5.74) is 0.0715. The van der Waals surface area contributed by atoms with Gasteiger partial charge in [0, 0.05) is 23.1 Å². The highest BCUT2D eigenvalue weighted by molar-refractivity contribution is 5.96. The lowest BCUT2D eigenvalue weighted by Crippen LogP contribution is -2.59. The average molecular weight is 442 g/mol. The van der Waals surface area contributed by atoms with Gasteiger partial charge in [-0.15, -0.1) is 0 Å². The number of carbonyl (C=O) groups excluding carboxylic acids is 2. The Morgan fingerprint density at radius 2 is 1.75 bits per heavy atom. The summed E-state index contributed by atoms with van der Waals surface area (Å²) < 4.78 is 13.6. The number of alkyl halides is 1. The van der Waals surface area contributed by atoms with Crippen LogP contribution in [0, 0.1) is 16.7 Å². The van der Waals surface area contributed by atoms with Crippen molar-refractivity contribution in [2.24, 2.45) is 5.41 Å². The maximum Gasteiger partial charge on any atom is 0.335 e. The number of fused-ring (bicyclic) bond motifs is 3. The van der Waals surface area contributed by atoms with Crippen LogP contribution in [0.3, 0.4) is 0 Å². The van der Waals surface area contributed by atoms with Crippen molar-refractivity contribution in [1.29, 1.82) is 5.26 Å². The van der Waals surface area contributed by atoms with Crippen molar-refractivity contribution in [3.05, 3.63) is 29.8 Å². The Hall–Kier alpha value is -2.99. The zero-order valence-electron chi connectivity index (χ0n) is 17.8. The fraction of sp³-hybridized carbons (Fsp3) is 0.565. The van der Waals surface area contributed by atoms with Crippen molar-refractivity contribution in [3.63, 3.8) is 0 Å². The topological polar surface area (TPSA) is 123 Å². The molecule has 8 nitrogen and oxygen atoms in total. The average Bonchev–Trinajstić information content (AvgIpc) is 3.20. The van der Waals surface area contributed by atoms with Crippen LogP contribution in [0.1, 0.15) is 55.3 Å². The van der Waals surface area contributed by atoms with Crippen LogP contribution in [-0.4, -0.2) is 58.6 Å². The molecule has 1 aromatic rings. The molecule has 2 atom stereocenters. The molecule has 170 valence electrons. The van der Waals surface area contributed by atoms with Gasteiger partial charge in [0.25, 0.3) is 0 Å². The first-order valence-electron chi connectivity index (χ1n) is 11.0. The van der Waals surface area contributed by atoms with E-state index in [1.165, 1.54) is 17.0 Å². The molecular weight excluding hydrogens is 415 g/mol. The number of carboxylic acids is 1. The lowest BCUT2D eigenvalue weighted by molar-refractivity contribution is -0.135. The van der Waals surface area contributed by atoms with E-state index in [2.05, 4.69) is 10.6 Å². The highest BCUT2D eigenvalue weighted by Gasteiger charge is 2.52. The van der Waals surface area contributed by atoms with E-state index in [-0.39, 0.29) is 42.4 Å². The zero-order valence-corrected chi connectivity index (χ0v) is 17.8. The van der Waals surface area contributed by atoms with Gasteiger partial charge >= 0.3 is 5.97 Å². The normalized spacial score (nSPS) is 31.2. The molecule has 3 aliphatic carbocycles. The summed E-state index contributed by atoms with van der Waals surface area (Å²) in [5.74, 6) is -1.32. The number of rotatable bonds is 6. The largest absolute Gasteiger partial charge is 0.478 e. The molecular formula is C23H27FN4O4. The molecule has 1 aliphatic heterocycles. The Morgan fingerprint density at radius 1 is 1.12 bits per heavy atom. The number of likely N-dealkylation sites (tertiary alicyclic amines) is 1. The Bertz CT molecular complexity index is 933. The number of carboxylic acid groups (broad SMARTS) is 1. The van der Waals surface area contributed by atoms with E-state index in [1.807, 2.05) is 6.07 Å². The summed E-state index contributed by atoms with van der Waals surface area (Å²) in [6.07, 6.45) is 3.31. The van der Waals surface area contributed by atoms with E-state index in [0.717, 1.165) is 19.3 Å². The predicted molar refractivity (Wildman–Crippen MR) is 114 cm³/mol. The molecule has 1 saturated heterocycles. The quantitative estimate of drug-likeness (QED) is 0.622. The van der Waals surface area contributed by atoms with E-state index in [4.69, 9.17) is 10.4 Å².